The molecule has 1 rings (SSSR count). The van der Waals surface area contributed by atoms with E-state index in [0.717, 1.165) is 0 Å². The molecule has 0 atom stereocenters. The quantitative estimate of drug-likeness (QED) is 0.355. The number of anilines is 1. The summed E-state index contributed by atoms with van der Waals surface area (Å²) in [5.74, 6) is 0.794. The molecule has 1 heterocycles. The molecule has 1 aromatic heterocycles. The van der Waals surface area contributed by atoms with Crippen molar-refractivity contribution >= 4 is 11.6 Å². The predicted molar refractivity (Wildman–Crippen MR) is 101 cm³/mol. The largest absolute Gasteiger partial charge is 0.377 e. The fraction of sp³-hybridized carbons (Fsp3) is 0.684. The summed E-state index contributed by atoms with van der Waals surface area (Å²) in [6.07, 6.45) is 2.36. The summed E-state index contributed by atoms with van der Waals surface area (Å²) >= 11 is 0. The van der Waals surface area contributed by atoms with Gasteiger partial charge in [-0.05, 0) is 26.0 Å². The van der Waals surface area contributed by atoms with E-state index in [0.29, 0.717) is 70.6 Å². The van der Waals surface area contributed by atoms with Gasteiger partial charge in [-0.1, -0.05) is 6.92 Å². The van der Waals surface area contributed by atoms with E-state index in [1.165, 1.54) is 0 Å². The summed E-state index contributed by atoms with van der Waals surface area (Å²) < 4.78 is 21.7. The van der Waals surface area contributed by atoms with Gasteiger partial charge in [0.25, 0.3) is 0 Å². The highest BCUT2D eigenvalue weighted by Crippen LogP contribution is 2.08. The van der Waals surface area contributed by atoms with Gasteiger partial charge in [-0.15, -0.1) is 0 Å². The molecule has 7 nitrogen and oxygen atoms in total. The van der Waals surface area contributed by atoms with E-state index in [1.807, 2.05) is 20.8 Å². The summed E-state index contributed by atoms with van der Waals surface area (Å²) in [5, 5.41) is 3.14. The van der Waals surface area contributed by atoms with Crippen molar-refractivity contribution in [3.05, 3.63) is 23.9 Å². The van der Waals surface area contributed by atoms with E-state index in [2.05, 4.69) is 10.3 Å². The molecular formula is C19H32N2O5. The number of pyridine rings is 1. The van der Waals surface area contributed by atoms with Gasteiger partial charge in [0.2, 0.25) is 0 Å². The van der Waals surface area contributed by atoms with Crippen LogP contribution in [0.5, 0.6) is 0 Å². The third-order valence-corrected chi connectivity index (χ3v) is 3.38. The van der Waals surface area contributed by atoms with Crippen LogP contribution < -0.4 is 5.32 Å². The highest BCUT2D eigenvalue weighted by molar-refractivity contribution is 5.96. The number of ketones is 1. The van der Waals surface area contributed by atoms with Gasteiger partial charge in [0.05, 0.1) is 52.4 Å². The minimum atomic E-state index is 0.111. The van der Waals surface area contributed by atoms with Gasteiger partial charge in [0.15, 0.2) is 5.78 Å². The van der Waals surface area contributed by atoms with Crippen molar-refractivity contribution in [2.75, 3.05) is 58.1 Å². The van der Waals surface area contributed by atoms with Crippen LogP contribution in [0.25, 0.3) is 0 Å². The number of hydrogen-bond donors (Lipinski definition) is 1. The number of carbonyl (C=O) groups excluding carboxylic acids is 1. The van der Waals surface area contributed by atoms with Crippen molar-refractivity contribution in [2.24, 2.45) is 0 Å². The molecule has 0 spiro atoms. The van der Waals surface area contributed by atoms with E-state index < -0.39 is 0 Å². The lowest BCUT2D eigenvalue weighted by Crippen LogP contribution is -2.15. The molecule has 0 fully saturated rings. The maximum absolute atomic E-state index is 11.7. The van der Waals surface area contributed by atoms with Crippen LogP contribution in [-0.4, -0.2) is 69.7 Å². The molecule has 0 saturated heterocycles. The third-order valence-electron chi connectivity index (χ3n) is 3.38. The Bertz CT molecular complexity index is 497. The van der Waals surface area contributed by atoms with Crippen molar-refractivity contribution in [1.82, 2.24) is 4.98 Å². The monoisotopic (exact) mass is 368 g/mol. The number of nitrogens with zero attached hydrogens (tertiary/aromatic N) is 1. The summed E-state index contributed by atoms with van der Waals surface area (Å²) in [6.45, 7) is 10.4. The van der Waals surface area contributed by atoms with Crippen LogP contribution in [0.3, 0.4) is 0 Å². The maximum atomic E-state index is 11.7. The van der Waals surface area contributed by atoms with Crippen LogP contribution in [0.4, 0.5) is 5.82 Å². The van der Waals surface area contributed by atoms with Crippen LogP contribution in [0.2, 0.25) is 0 Å². The van der Waals surface area contributed by atoms with E-state index in [4.69, 9.17) is 18.9 Å². The lowest BCUT2D eigenvalue weighted by atomic mass is 10.1. The molecule has 0 unspecified atom stereocenters. The first-order chi connectivity index (χ1) is 12.6. The molecule has 148 valence electrons. The second kappa shape index (κ2) is 14.6. The number of carbonyl (C=O) groups is 1. The Morgan fingerprint density at radius 3 is 2.27 bits per heavy atom. The first-order valence-electron chi connectivity index (χ1n) is 9.21. The van der Waals surface area contributed by atoms with Gasteiger partial charge >= 0.3 is 0 Å². The van der Waals surface area contributed by atoms with Crippen molar-refractivity contribution in [2.45, 2.75) is 33.3 Å². The van der Waals surface area contributed by atoms with E-state index >= 15 is 0 Å². The van der Waals surface area contributed by atoms with Crippen molar-refractivity contribution in [1.29, 1.82) is 0 Å². The van der Waals surface area contributed by atoms with Gasteiger partial charge in [-0.3, -0.25) is 4.79 Å². The van der Waals surface area contributed by atoms with E-state index in [-0.39, 0.29) is 11.9 Å². The van der Waals surface area contributed by atoms with Crippen molar-refractivity contribution in [3.63, 3.8) is 0 Å². The highest BCUT2D eigenvalue weighted by atomic mass is 16.6. The molecule has 7 heteroatoms. The molecule has 0 bridgehead atoms. The molecular weight excluding hydrogens is 336 g/mol. The van der Waals surface area contributed by atoms with Crippen LogP contribution in [0.1, 0.15) is 37.6 Å². The average Bonchev–Trinajstić information content (AvgIpc) is 2.64. The van der Waals surface area contributed by atoms with Crippen LogP contribution >= 0.6 is 0 Å². The standard InChI is InChI=1S/C19H32N2O5/c1-4-18(22)17-5-6-20-19(15-17)21-7-8-23-9-10-24-11-12-25-13-14-26-16(2)3/h5-6,15-16H,4,7-14H2,1-3H3,(H,20,21). The Hall–Kier alpha value is -1.54. The lowest BCUT2D eigenvalue weighted by molar-refractivity contribution is -0.0110. The van der Waals surface area contributed by atoms with Gasteiger partial charge in [0, 0.05) is 24.7 Å². The molecule has 1 aromatic rings. The van der Waals surface area contributed by atoms with Gasteiger partial charge in [0.1, 0.15) is 5.82 Å². The zero-order chi connectivity index (χ0) is 19.0. The number of rotatable bonds is 16. The fourth-order valence-electron chi connectivity index (χ4n) is 2.04. The van der Waals surface area contributed by atoms with Crippen molar-refractivity contribution in [3.8, 4) is 0 Å². The third kappa shape index (κ3) is 11.1. The Balaban J connectivity index is 1.93. The summed E-state index contributed by atoms with van der Waals surface area (Å²) in [7, 11) is 0. The minimum Gasteiger partial charge on any atom is -0.377 e. The zero-order valence-corrected chi connectivity index (χ0v) is 16.2. The molecule has 0 aliphatic carbocycles. The van der Waals surface area contributed by atoms with Crippen LogP contribution in [0, 0.1) is 0 Å². The van der Waals surface area contributed by atoms with E-state index in [1.54, 1.807) is 18.3 Å². The van der Waals surface area contributed by atoms with Crippen LogP contribution in [0.15, 0.2) is 18.3 Å². The number of nitrogens with one attached hydrogen (secondary N) is 1. The smallest absolute Gasteiger partial charge is 0.162 e. The molecule has 0 saturated carbocycles. The maximum Gasteiger partial charge on any atom is 0.162 e. The average molecular weight is 368 g/mol. The van der Waals surface area contributed by atoms with Gasteiger partial charge < -0.3 is 24.3 Å². The molecule has 26 heavy (non-hydrogen) atoms. The van der Waals surface area contributed by atoms with Gasteiger partial charge in [-0.25, -0.2) is 4.98 Å². The minimum absolute atomic E-state index is 0.111. The first-order valence-corrected chi connectivity index (χ1v) is 9.21. The topological polar surface area (TPSA) is 78.9 Å². The van der Waals surface area contributed by atoms with Crippen molar-refractivity contribution < 1.29 is 23.7 Å². The Kier molecular flexibility index (Phi) is 12.6. The Morgan fingerprint density at radius 1 is 1.04 bits per heavy atom. The van der Waals surface area contributed by atoms with Gasteiger partial charge in [-0.2, -0.15) is 0 Å². The molecule has 0 amide bonds. The molecule has 0 aliphatic rings. The summed E-state index contributed by atoms with van der Waals surface area (Å²) in [6, 6.07) is 3.49. The second-order valence-corrected chi connectivity index (χ2v) is 5.89. The number of hydrogen-bond acceptors (Lipinski definition) is 7. The normalized spacial score (nSPS) is 11.1. The lowest BCUT2D eigenvalue weighted by Gasteiger charge is -2.09. The predicted octanol–water partition coefficient (Wildman–Crippen LogP) is 2.56. The second-order valence-electron chi connectivity index (χ2n) is 5.89. The molecule has 1 N–H and O–H groups in total. The molecule has 0 aromatic carbocycles. The molecule has 0 radical (unpaired) electrons. The summed E-state index contributed by atoms with van der Waals surface area (Å²) in [4.78, 5) is 15.8. The number of Topliss-reactive ketones (excluding diaryl/α,β-unsaturated/α-hetero) is 1. The Morgan fingerprint density at radius 2 is 1.65 bits per heavy atom. The Labute approximate surface area is 156 Å². The molecule has 0 aliphatic heterocycles. The SMILES string of the molecule is CCC(=O)c1ccnc(NCCOCCOCCOCCOC(C)C)c1. The van der Waals surface area contributed by atoms with E-state index in [9.17, 15) is 4.79 Å². The fourth-order valence-corrected chi connectivity index (χ4v) is 2.04. The first kappa shape index (κ1) is 22.5. The number of aromatic nitrogens is 1. The summed E-state index contributed by atoms with van der Waals surface area (Å²) in [5.41, 5.74) is 0.678. The van der Waals surface area contributed by atoms with Crippen LogP contribution in [-0.2, 0) is 18.9 Å². The number of ether oxygens (including phenoxy) is 4. The zero-order valence-electron chi connectivity index (χ0n) is 16.2. The highest BCUT2D eigenvalue weighted by Gasteiger charge is 2.04.